The second kappa shape index (κ2) is 4.17. The summed E-state index contributed by atoms with van der Waals surface area (Å²) < 4.78 is 5.45. The van der Waals surface area contributed by atoms with Gasteiger partial charge < -0.3 is 9.57 Å². The van der Waals surface area contributed by atoms with Crippen LogP contribution in [0.1, 0.15) is 11.1 Å². The number of benzene rings is 1. The highest BCUT2D eigenvalue weighted by molar-refractivity contribution is 6.31. The van der Waals surface area contributed by atoms with E-state index in [0.29, 0.717) is 6.54 Å². The summed E-state index contributed by atoms with van der Waals surface area (Å²) in [5.74, 6) is 0.947. The fourth-order valence-electron chi connectivity index (χ4n) is 1.65. The lowest BCUT2D eigenvalue weighted by Crippen LogP contribution is -2.12. The second-order valence-corrected chi connectivity index (χ2v) is 3.53. The van der Waals surface area contributed by atoms with Crippen molar-refractivity contribution in [1.82, 2.24) is 5.48 Å². The van der Waals surface area contributed by atoms with E-state index in [1.54, 1.807) is 7.11 Å². The molecule has 0 spiro atoms. The van der Waals surface area contributed by atoms with Gasteiger partial charge in [0, 0.05) is 23.6 Å². The van der Waals surface area contributed by atoms with Crippen molar-refractivity contribution in [2.45, 2.75) is 13.0 Å². The molecule has 1 aliphatic rings. The van der Waals surface area contributed by atoms with E-state index in [4.69, 9.17) is 21.2 Å². The molecule has 76 valence electrons. The Morgan fingerprint density at radius 2 is 2.43 bits per heavy atom. The Morgan fingerprint density at radius 3 is 3.21 bits per heavy atom. The molecule has 0 amide bonds. The highest BCUT2D eigenvalue weighted by Crippen LogP contribution is 2.32. The average Bonchev–Trinajstić information content (AvgIpc) is 2.64. The van der Waals surface area contributed by atoms with Crippen LogP contribution in [-0.2, 0) is 17.8 Å². The van der Waals surface area contributed by atoms with Crippen molar-refractivity contribution in [3.63, 3.8) is 0 Å². The zero-order valence-electron chi connectivity index (χ0n) is 7.97. The quantitative estimate of drug-likeness (QED) is 0.779. The van der Waals surface area contributed by atoms with E-state index in [2.05, 4.69) is 5.48 Å². The van der Waals surface area contributed by atoms with Crippen molar-refractivity contribution in [2.75, 3.05) is 13.7 Å². The topological polar surface area (TPSA) is 30.5 Å². The zero-order chi connectivity index (χ0) is 9.97. The van der Waals surface area contributed by atoms with Gasteiger partial charge in [0.05, 0.1) is 13.7 Å². The minimum atomic E-state index is 0.613. The molecule has 1 aromatic carbocycles. The zero-order valence-corrected chi connectivity index (χ0v) is 8.73. The summed E-state index contributed by atoms with van der Waals surface area (Å²) in [6.07, 6.45) is 0.927. The van der Waals surface area contributed by atoms with E-state index in [0.717, 1.165) is 29.4 Å². The van der Waals surface area contributed by atoms with E-state index in [1.165, 1.54) is 5.56 Å². The Hall–Kier alpha value is -0.770. The third kappa shape index (κ3) is 1.71. The van der Waals surface area contributed by atoms with E-state index < -0.39 is 0 Å². The Bertz CT molecular complexity index is 341. The van der Waals surface area contributed by atoms with Crippen LogP contribution in [0.25, 0.3) is 0 Å². The predicted octanol–water partition coefficient (Wildman–Crippen LogP) is 1.93. The molecule has 14 heavy (non-hydrogen) atoms. The molecule has 1 heterocycles. The molecule has 1 N–H and O–H groups in total. The van der Waals surface area contributed by atoms with Crippen LogP contribution in [0, 0.1) is 0 Å². The van der Waals surface area contributed by atoms with E-state index in [9.17, 15) is 0 Å². The Labute approximate surface area is 87.9 Å². The lowest BCUT2D eigenvalue weighted by atomic mass is 10.1. The van der Waals surface area contributed by atoms with Gasteiger partial charge in [-0.15, -0.1) is 0 Å². The van der Waals surface area contributed by atoms with Gasteiger partial charge in [0.15, 0.2) is 0 Å². The summed E-state index contributed by atoms with van der Waals surface area (Å²) in [4.78, 5) is 4.81. The Kier molecular flexibility index (Phi) is 2.91. The summed E-state index contributed by atoms with van der Waals surface area (Å²) in [5, 5.41) is 0.763. The van der Waals surface area contributed by atoms with Crippen LogP contribution in [0.2, 0.25) is 5.02 Å². The van der Waals surface area contributed by atoms with Crippen molar-refractivity contribution < 1.29 is 9.57 Å². The summed E-state index contributed by atoms with van der Waals surface area (Å²) >= 11 is 6.09. The fourth-order valence-corrected chi connectivity index (χ4v) is 1.89. The van der Waals surface area contributed by atoms with E-state index >= 15 is 0 Å². The molecule has 0 saturated heterocycles. The molecule has 0 unspecified atom stereocenters. The lowest BCUT2D eigenvalue weighted by Gasteiger charge is -2.09. The van der Waals surface area contributed by atoms with Crippen molar-refractivity contribution in [1.29, 1.82) is 0 Å². The van der Waals surface area contributed by atoms with Gasteiger partial charge in [0.2, 0.25) is 0 Å². The molecule has 3 nitrogen and oxygen atoms in total. The summed E-state index contributed by atoms with van der Waals surface area (Å²) in [7, 11) is 1.59. The van der Waals surface area contributed by atoms with Gasteiger partial charge in [-0.2, -0.15) is 5.48 Å². The molecule has 0 fully saturated rings. The smallest absolute Gasteiger partial charge is 0.123 e. The molecule has 2 rings (SSSR count). The molecule has 0 aliphatic carbocycles. The van der Waals surface area contributed by atoms with Crippen LogP contribution in [0.15, 0.2) is 12.1 Å². The van der Waals surface area contributed by atoms with Gasteiger partial charge in [0.25, 0.3) is 0 Å². The SMILES string of the molecule is CONCc1c(Cl)ccc2c1CCO2. The maximum absolute atomic E-state index is 6.09. The molecule has 1 aromatic rings. The fraction of sp³-hybridized carbons (Fsp3) is 0.400. The van der Waals surface area contributed by atoms with Gasteiger partial charge in [-0.3, -0.25) is 0 Å². The van der Waals surface area contributed by atoms with Gasteiger partial charge >= 0.3 is 0 Å². The second-order valence-electron chi connectivity index (χ2n) is 3.13. The number of hydroxylamine groups is 1. The number of fused-ring (bicyclic) bond motifs is 1. The molecular formula is C10H12ClNO2. The Balaban J connectivity index is 2.31. The maximum atomic E-state index is 6.09. The van der Waals surface area contributed by atoms with Gasteiger partial charge in [0.1, 0.15) is 5.75 Å². The number of ether oxygens (including phenoxy) is 1. The molecule has 0 atom stereocenters. The molecule has 4 heteroatoms. The largest absolute Gasteiger partial charge is 0.493 e. The maximum Gasteiger partial charge on any atom is 0.123 e. The van der Waals surface area contributed by atoms with Crippen LogP contribution in [0.3, 0.4) is 0 Å². The lowest BCUT2D eigenvalue weighted by molar-refractivity contribution is 0.0866. The predicted molar refractivity (Wildman–Crippen MR) is 54.5 cm³/mol. The number of halogens is 1. The number of rotatable bonds is 3. The van der Waals surface area contributed by atoms with Crippen LogP contribution in [0.5, 0.6) is 5.75 Å². The summed E-state index contributed by atoms with van der Waals surface area (Å²) in [6, 6.07) is 3.78. The molecule has 0 aromatic heterocycles. The molecule has 0 saturated carbocycles. The van der Waals surface area contributed by atoms with Crippen LogP contribution >= 0.6 is 11.6 Å². The van der Waals surface area contributed by atoms with Crippen molar-refractivity contribution in [3.05, 3.63) is 28.3 Å². The first-order chi connectivity index (χ1) is 6.83. The van der Waals surface area contributed by atoms with E-state index in [-0.39, 0.29) is 0 Å². The molecular weight excluding hydrogens is 202 g/mol. The molecule has 0 bridgehead atoms. The Morgan fingerprint density at radius 1 is 1.57 bits per heavy atom. The van der Waals surface area contributed by atoms with Gasteiger partial charge in [-0.25, -0.2) is 0 Å². The normalized spacial score (nSPS) is 13.9. The molecule has 0 radical (unpaired) electrons. The number of nitrogens with one attached hydrogen (secondary N) is 1. The van der Waals surface area contributed by atoms with Crippen LogP contribution < -0.4 is 10.2 Å². The van der Waals surface area contributed by atoms with Crippen LogP contribution in [-0.4, -0.2) is 13.7 Å². The van der Waals surface area contributed by atoms with E-state index in [1.807, 2.05) is 12.1 Å². The minimum absolute atomic E-state index is 0.613. The first-order valence-corrected chi connectivity index (χ1v) is 4.89. The number of hydrogen-bond acceptors (Lipinski definition) is 3. The highest BCUT2D eigenvalue weighted by atomic mass is 35.5. The first-order valence-electron chi connectivity index (χ1n) is 4.52. The van der Waals surface area contributed by atoms with Gasteiger partial charge in [-0.1, -0.05) is 11.6 Å². The molecule has 1 aliphatic heterocycles. The minimum Gasteiger partial charge on any atom is -0.493 e. The van der Waals surface area contributed by atoms with Crippen LogP contribution in [0.4, 0.5) is 0 Å². The van der Waals surface area contributed by atoms with Gasteiger partial charge in [-0.05, 0) is 17.7 Å². The monoisotopic (exact) mass is 213 g/mol. The summed E-state index contributed by atoms with van der Waals surface area (Å²) in [5.41, 5.74) is 5.06. The van der Waals surface area contributed by atoms with Crippen molar-refractivity contribution in [3.8, 4) is 5.75 Å². The average molecular weight is 214 g/mol. The van der Waals surface area contributed by atoms with Crippen molar-refractivity contribution in [2.24, 2.45) is 0 Å². The van der Waals surface area contributed by atoms with Crippen molar-refractivity contribution >= 4 is 11.6 Å². The standard InChI is InChI=1S/C10H12ClNO2/c1-13-12-6-8-7-4-5-14-10(7)3-2-9(8)11/h2-3,12H,4-6H2,1H3. The third-order valence-electron chi connectivity index (χ3n) is 2.33. The number of hydrogen-bond donors (Lipinski definition) is 1. The first kappa shape index (κ1) is 9.77. The third-order valence-corrected chi connectivity index (χ3v) is 2.69. The summed E-state index contributed by atoms with van der Waals surface area (Å²) in [6.45, 7) is 1.36. The highest BCUT2D eigenvalue weighted by Gasteiger charge is 2.17.